The van der Waals surface area contributed by atoms with E-state index in [4.69, 9.17) is 28.8 Å². The van der Waals surface area contributed by atoms with Gasteiger partial charge in [-0.3, -0.25) is 0 Å². The lowest BCUT2D eigenvalue weighted by Gasteiger charge is -2.25. The number of methoxy groups -OCH3 is 4. The van der Waals surface area contributed by atoms with Gasteiger partial charge in [0.05, 0.1) is 47.8 Å². The number of aliphatic hydroxyl groups is 3. The Bertz CT molecular complexity index is 860. The fourth-order valence-corrected chi connectivity index (χ4v) is 3.13. The van der Waals surface area contributed by atoms with Crippen molar-refractivity contribution in [2.75, 3.05) is 41.7 Å². The van der Waals surface area contributed by atoms with Crippen LogP contribution in [0, 0.1) is 0 Å². The highest BCUT2D eigenvalue weighted by Crippen LogP contribution is 2.40. The second-order valence-corrected chi connectivity index (χ2v) is 6.80. The first-order valence-electron chi connectivity index (χ1n) is 9.85. The van der Waals surface area contributed by atoms with Crippen molar-refractivity contribution in [2.45, 2.75) is 18.6 Å². The molecule has 0 unspecified atom stereocenters. The molecule has 2 aromatic carbocycles. The average molecular weight is 450 g/mol. The molecule has 0 heterocycles. The highest BCUT2D eigenvalue weighted by molar-refractivity contribution is 5.62. The number of phenols is 1. The molecule has 4 N–H and O–H groups in total. The molecule has 2 aromatic rings. The molecule has 32 heavy (non-hydrogen) atoms. The van der Waals surface area contributed by atoms with Crippen LogP contribution in [-0.2, 0) is 6.42 Å². The molecule has 0 radical (unpaired) electrons. The zero-order chi connectivity index (χ0) is 23.7. The van der Waals surface area contributed by atoms with Gasteiger partial charge in [0.25, 0.3) is 0 Å². The standard InChI is InChI=1S/C23H30O9/c1-28-17-11-15(12-18(29-2)22(17)27)8-16(26)21(13-25)32-23-19(30-3)9-14(6-5-7-24)10-20(23)31-4/h5-6,9-12,16,21,24-27H,7-8,13H2,1-4H3/b6-5-/t16-,21-/m0/s1. The number of ether oxygens (including phenoxy) is 5. The van der Waals surface area contributed by atoms with Crippen LogP contribution in [0.4, 0.5) is 0 Å². The third-order valence-corrected chi connectivity index (χ3v) is 4.76. The minimum absolute atomic E-state index is 0.0835. The molecule has 176 valence electrons. The van der Waals surface area contributed by atoms with E-state index in [1.54, 1.807) is 36.4 Å². The first-order chi connectivity index (χ1) is 15.4. The molecule has 0 fully saturated rings. The highest BCUT2D eigenvalue weighted by Gasteiger charge is 2.26. The minimum Gasteiger partial charge on any atom is -0.502 e. The van der Waals surface area contributed by atoms with E-state index in [0.717, 1.165) is 0 Å². The van der Waals surface area contributed by atoms with Crippen molar-refractivity contribution in [3.8, 4) is 34.5 Å². The molecule has 9 heteroatoms. The average Bonchev–Trinajstić information content (AvgIpc) is 2.81. The second-order valence-electron chi connectivity index (χ2n) is 6.80. The van der Waals surface area contributed by atoms with Crippen LogP contribution in [0.2, 0.25) is 0 Å². The van der Waals surface area contributed by atoms with E-state index in [2.05, 4.69) is 0 Å². The molecule has 0 spiro atoms. The highest BCUT2D eigenvalue weighted by atomic mass is 16.6. The molecule has 2 atom stereocenters. The lowest BCUT2D eigenvalue weighted by Crippen LogP contribution is -2.36. The Balaban J connectivity index is 2.31. The quantitative estimate of drug-likeness (QED) is 0.383. The summed E-state index contributed by atoms with van der Waals surface area (Å²) in [6.45, 7) is -0.597. The van der Waals surface area contributed by atoms with Gasteiger partial charge in [-0.25, -0.2) is 0 Å². The van der Waals surface area contributed by atoms with Crippen molar-refractivity contribution in [2.24, 2.45) is 0 Å². The molecule has 9 nitrogen and oxygen atoms in total. The zero-order valence-electron chi connectivity index (χ0n) is 18.6. The Morgan fingerprint density at radius 3 is 1.81 bits per heavy atom. The number of benzene rings is 2. The van der Waals surface area contributed by atoms with Crippen molar-refractivity contribution < 1.29 is 44.1 Å². The van der Waals surface area contributed by atoms with Gasteiger partial charge in [-0.1, -0.05) is 12.2 Å². The van der Waals surface area contributed by atoms with Crippen molar-refractivity contribution >= 4 is 6.08 Å². The Hall–Kier alpha value is -3.14. The van der Waals surface area contributed by atoms with Crippen LogP contribution in [0.25, 0.3) is 6.08 Å². The van der Waals surface area contributed by atoms with Crippen LogP contribution >= 0.6 is 0 Å². The fraction of sp³-hybridized carbons (Fsp3) is 0.391. The predicted octanol–water partition coefficient (Wildman–Crippen LogP) is 1.78. The van der Waals surface area contributed by atoms with Gasteiger partial charge in [0.15, 0.2) is 23.0 Å². The Kier molecular flexibility index (Phi) is 9.45. The van der Waals surface area contributed by atoms with Crippen LogP contribution in [-0.4, -0.2) is 74.3 Å². The first kappa shape index (κ1) is 25.1. The summed E-state index contributed by atoms with van der Waals surface area (Å²) in [6.07, 6.45) is 1.21. The molecule has 0 aliphatic carbocycles. The van der Waals surface area contributed by atoms with E-state index in [0.29, 0.717) is 22.6 Å². The van der Waals surface area contributed by atoms with Crippen LogP contribution in [0.1, 0.15) is 11.1 Å². The van der Waals surface area contributed by atoms with Gasteiger partial charge in [0.1, 0.15) is 6.10 Å². The predicted molar refractivity (Wildman–Crippen MR) is 118 cm³/mol. The topological polar surface area (TPSA) is 127 Å². The van der Waals surface area contributed by atoms with Crippen molar-refractivity contribution in [1.82, 2.24) is 0 Å². The Labute approximate surface area is 187 Å². The largest absolute Gasteiger partial charge is 0.502 e. The summed E-state index contributed by atoms with van der Waals surface area (Å²) in [5, 5.41) is 39.7. The van der Waals surface area contributed by atoms with E-state index in [-0.39, 0.29) is 36.0 Å². The van der Waals surface area contributed by atoms with Gasteiger partial charge in [-0.2, -0.15) is 0 Å². The van der Waals surface area contributed by atoms with Gasteiger partial charge in [-0.15, -0.1) is 0 Å². The molecular formula is C23H30O9. The molecule has 0 saturated carbocycles. The summed E-state index contributed by atoms with van der Waals surface area (Å²) < 4.78 is 27.0. The zero-order valence-corrected chi connectivity index (χ0v) is 18.6. The maximum atomic E-state index is 10.8. The SMILES string of the molecule is COc1cc(C[C@H](O)[C@H](CO)Oc2c(OC)cc(/C=C\CO)cc2OC)cc(OC)c1O. The van der Waals surface area contributed by atoms with Crippen LogP contribution < -0.4 is 23.7 Å². The number of hydrogen-bond acceptors (Lipinski definition) is 9. The number of phenolic OH excluding ortho intramolecular Hbond substituents is 1. The van der Waals surface area contributed by atoms with Gasteiger partial charge in [0, 0.05) is 6.42 Å². The van der Waals surface area contributed by atoms with Crippen molar-refractivity contribution in [3.05, 3.63) is 41.5 Å². The summed E-state index contributed by atoms with van der Waals surface area (Å²) in [4.78, 5) is 0. The summed E-state index contributed by atoms with van der Waals surface area (Å²) in [5.41, 5.74) is 1.32. The molecular weight excluding hydrogens is 420 g/mol. The third kappa shape index (κ3) is 5.97. The summed E-state index contributed by atoms with van der Waals surface area (Å²) in [5.74, 6) is 1.13. The molecule has 2 rings (SSSR count). The Morgan fingerprint density at radius 2 is 1.38 bits per heavy atom. The molecule has 0 bridgehead atoms. The lowest BCUT2D eigenvalue weighted by molar-refractivity contribution is 0.000131. The first-order valence-corrected chi connectivity index (χ1v) is 9.85. The number of hydrogen-bond donors (Lipinski definition) is 4. The second kappa shape index (κ2) is 12.0. The van der Waals surface area contributed by atoms with Gasteiger partial charge >= 0.3 is 0 Å². The maximum absolute atomic E-state index is 10.8. The van der Waals surface area contributed by atoms with E-state index >= 15 is 0 Å². The molecule has 0 aliphatic heterocycles. The van der Waals surface area contributed by atoms with Crippen LogP contribution in [0.3, 0.4) is 0 Å². The monoisotopic (exact) mass is 450 g/mol. The lowest BCUT2D eigenvalue weighted by atomic mass is 10.0. The van der Waals surface area contributed by atoms with Gasteiger partial charge in [0.2, 0.25) is 11.5 Å². The van der Waals surface area contributed by atoms with E-state index in [1.807, 2.05) is 0 Å². The molecule has 0 aromatic heterocycles. The minimum atomic E-state index is -1.12. The fourth-order valence-electron chi connectivity index (χ4n) is 3.13. The van der Waals surface area contributed by atoms with Crippen LogP contribution in [0.15, 0.2) is 30.3 Å². The summed E-state index contributed by atoms with van der Waals surface area (Å²) >= 11 is 0. The third-order valence-electron chi connectivity index (χ3n) is 4.76. The number of aromatic hydroxyl groups is 1. The van der Waals surface area contributed by atoms with E-state index in [1.165, 1.54) is 28.4 Å². The summed E-state index contributed by atoms with van der Waals surface area (Å²) in [6, 6.07) is 6.50. The van der Waals surface area contributed by atoms with Gasteiger partial charge < -0.3 is 44.1 Å². The van der Waals surface area contributed by atoms with E-state index in [9.17, 15) is 15.3 Å². The molecule has 0 aliphatic rings. The van der Waals surface area contributed by atoms with Gasteiger partial charge in [-0.05, 0) is 35.4 Å². The number of rotatable bonds is 12. The maximum Gasteiger partial charge on any atom is 0.204 e. The number of aliphatic hydroxyl groups excluding tert-OH is 3. The summed E-state index contributed by atoms with van der Waals surface area (Å²) in [7, 11) is 5.74. The Morgan fingerprint density at radius 1 is 0.844 bits per heavy atom. The van der Waals surface area contributed by atoms with Crippen molar-refractivity contribution in [1.29, 1.82) is 0 Å². The van der Waals surface area contributed by atoms with E-state index < -0.39 is 18.8 Å². The molecule has 0 saturated heterocycles. The normalized spacial score (nSPS) is 13.0. The smallest absolute Gasteiger partial charge is 0.204 e. The molecule has 0 amide bonds. The van der Waals surface area contributed by atoms with Crippen molar-refractivity contribution in [3.63, 3.8) is 0 Å². The van der Waals surface area contributed by atoms with Crippen LogP contribution in [0.5, 0.6) is 34.5 Å².